The van der Waals surface area contributed by atoms with Gasteiger partial charge in [0.05, 0.1) is 18.8 Å². The smallest absolute Gasteiger partial charge is 0.322 e. The maximum atomic E-state index is 14.6. The summed E-state index contributed by atoms with van der Waals surface area (Å²) in [7, 11) is 1.57. The SMILES string of the molecule is COc1ccc2ncc(F)c(CCCN3CCN(C/C=C\c4cccc(F)c4)C[C@@H]3C(=O)O)c2c1. The summed E-state index contributed by atoms with van der Waals surface area (Å²) in [4.78, 5) is 20.2. The Hall–Kier alpha value is -3.36. The molecule has 0 spiro atoms. The molecule has 2 aromatic carbocycles. The monoisotopic (exact) mass is 481 g/mol. The summed E-state index contributed by atoms with van der Waals surface area (Å²) in [5, 5.41) is 10.5. The minimum absolute atomic E-state index is 0.287. The molecule has 1 aliphatic rings. The fraction of sp³-hybridized carbons (Fsp3) is 0.333. The molecular formula is C27H29F2N3O3. The third-order valence-electron chi connectivity index (χ3n) is 6.39. The van der Waals surface area contributed by atoms with Crippen LogP contribution in [0.4, 0.5) is 8.78 Å². The number of ether oxygens (including phenoxy) is 1. The van der Waals surface area contributed by atoms with Crippen molar-refractivity contribution in [1.82, 2.24) is 14.8 Å². The van der Waals surface area contributed by atoms with Crippen LogP contribution >= 0.6 is 0 Å². The number of fused-ring (bicyclic) bond motifs is 1. The van der Waals surface area contributed by atoms with Crippen LogP contribution in [0.2, 0.25) is 0 Å². The number of hydrogen-bond acceptors (Lipinski definition) is 5. The molecule has 0 aliphatic carbocycles. The van der Waals surface area contributed by atoms with Gasteiger partial charge in [-0.2, -0.15) is 0 Å². The number of benzene rings is 2. The van der Waals surface area contributed by atoms with Crippen LogP contribution in [0.5, 0.6) is 5.75 Å². The second-order valence-electron chi connectivity index (χ2n) is 8.68. The third-order valence-corrected chi connectivity index (χ3v) is 6.39. The molecule has 0 saturated carbocycles. The number of pyridine rings is 1. The molecule has 0 unspecified atom stereocenters. The number of methoxy groups -OCH3 is 1. The van der Waals surface area contributed by atoms with Crippen molar-refractivity contribution in [3.05, 3.63) is 77.5 Å². The highest BCUT2D eigenvalue weighted by Crippen LogP contribution is 2.26. The molecule has 35 heavy (non-hydrogen) atoms. The van der Waals surface area contributed by atoms with Crippen LogP contribution in [0.3, 0.4) is 0 Å². The first-order valence-corrected chi connectivity index (χ1v) is 11.7. The van der Waals surface area contributed by atoms with Crippen molar-refractivity contribution in [2.24, 2.45) is 0 Å². The Balaban J connectivity index is 1.35. The number of carboxylic acids is 1. The minimum atomic E-state index is -0.867. The maximum Gasteiger partial charge on any atom is 0.322 e. The Morgan fingerprint density at radius 3 is 2.86 bits per heavy atom. The standard InChI is InChI=1S/C27H29F2N3O3/c1-35-21-9-10-25-23(16-21)22(24(29)17-30-25)8-4-12-32-14-13-31(18-26(32)27(33)34)11-3-6-19-5-2-7-20(28)15-19/h2-3,5-7,9-10,15-17,26H,4,8,11-14,18H2,1H3,(H,33,34)/b6-3-/t26-/m1/s1. The van der Waals surface area contributed by atoms with Crippen LogP contribution in [0, 0.1) is 11.6 Å². The van der Waals surface area contributed by atoms with Crippen molar-refractivity contribution in [2.45, 2.75) is 18.9 Å². The molecule has 4 rings (SSSR count). The van der Waals surface area contributed by atoms with E-state index in [0.29, 0.717) is 61.2 Å². The molecule has 0 amide bonds. The van der Waals surface area contributed by atoms with Crippen LogP contribution in [-0.4, -0.2) is 71.7 Å². The van der Waals surface area contributed by atoms with E-state index in [2.05, 4.69) is 9.88 Å². The molecule has 1 atom stereocenters. The largest absolute Gasteiger partial charge is 0.497 e. The quantitative estimate of drug-likeness (QED) is 0.493. The summed E-state index contributed by atoms with van der Waals surface area (Å²) in [6.07, 6.45) is 6.10. The molecule has 1 aromatic heterocycles. The second kappa shape index (κ2) is 11.4. The number of nitrogens with zero attached hydrogens (tertiary/aromatic N) is 3. The molecule has 3 aromatic rings. The van der Waals surface area contributed by atoms with Gasteiger partial charge in [0.25, 0.3) is 0 Å². The molecular weight excluding hydrogens is 452 g/mol. The first-order valence-electron chi connectivity index (χ1n) is 11.7. The number of aliphatic carboxylic acids is 1. The lowest BCUT2D eigenvalue weighted by molar-refractivity contribution is -0.145. The average molecular weight is 482 g/mol. The molecule has 1 saturated heterocycles. The van der Waals surface area contributed by atoms with Crippen LogP contribution in [0.1, 0.15) is 17.5 Å². The van der Waals surface area contributed by atoms with Crippen LogP contribution in [0.25, 0.3) is 17.0 Å². The molecule has 1 aliphatic heterocycles. The Morgan fingerprint density at radius 2 is 2.09 bits per heavy atom. The summed E-state index contributed by atoms with van der Waals surface area (Å²) in [6.45, 7) is 2.87. The number of aromatic nitrogens is 1. The van der Waals surface area contributed by atoms with Gasteiger partial charge in [-0.3, -0.25) is 19.6 Å². The normalized spacial score (nSPS) is 17.3. The predicted molar refractivity (Wildman–Crippen MR) is 131 cm³/mol. The van der Waals surface area contributed by atoms with Gasteiger partial charge in [-0.05, 0) is 60.8 Å². The number of piperazine rings is 1. The zero-order valence-electron chi connectivity index (χ0n) is 19.7. The van der Waals surface area contributed by atoms with E-state index in [1.54, 1.807) is 31.4 Å². The summed E-state index contributed by atoms with van der Waals surface area (Å²) >= 11 is 0. The molecule has 8 heteroatoms. The van der Waals surface area contributed by atoms with E-state index in [1.165, 1.54) is 18.3 Å². The van der Waals surface area contributed by atoms with E-state index >= 15 is 0 Å². The van der Waals surface area contributed by atoms with Crippen LogP contribution in [-0.2, 0) is 11.2 Å². The summed E-state index contributed by atoms with van der Waals surface area (Å²) < 4.78 is 33.2. The van der Waals surface area contributed by atoms with E-state index in [-0.39, 0.29) is 11.6 Å². The van der Waals surface area contributed by atoms with Crippen molar-refractivity contribution < 1.29 is 23.4 Å². The van der Waals surface area contributed by atoms with E-state index < -0.39 is 12.0 Å². The lowest BCUT2D eigenvalue weighted by atomic mass is 10.0. The molecule has 2 heterocycles. The van der Waals surface area contributed by atoms with Crippen LogP contribution < -0.4 is 4.74 Å². The van der Waals surface area contributed by atoms with Gasteiger partial charge in [0, 0.05) is 31.6 Å². The van der Waals surface area contributed by atoms with Gasteiger partial charge in [-0.25, -0.2) is 8.78 Å². The van der Waals surface area contributed by atoms with Crippen molar-refractivity contribution in [3.8, 4) is 5.75 Å². The van der Waals surface area contributed by atoms with E-state index in [0.717, 1.165) is 12.1 Å². The molecule has 0 radical (unpaired) electrons. The zero-order valence-corrected chi connectivity index (χ0v) is 19.7. The molecule has 1 N–H and O–H groups in total. The molecule has 1 fully saturated rings. The third kappa shape index (κ3) is 6.21. The van der Waals surface area contributed by atoms with Gasteiger partial charge in [0.1, 0.15) is 23.4 Å². The Kier molecular flexibility index (Phi) is 8.05. The number of aryl methyl sites for hydroxylation is 1. The van der Waals surface area contributed by atoms with Crippen molar-refractivity contribution in [3.63, 3.8) is 0 Å². The van der Waals surface area contributed by atoms with E-state index in [9.17, 15) is 18.7 Å². The van der Waals surface area contributed by atoms with E-state index in [1.807, 2.05) is 23.1 Å². The molecule has 184 valence electrons. The fourth-order valence-corrected chi connectivity index (χ4v) is 4.54. The van der Waals surface area contributed by atoms with Crippen molar-refractivity contribution >= 4 is 22.9 Å². The summed E-state index contributed by atoms with van der Waals surface area (Å²) in [5.74, 6) is -0.880. The average Bonchev–Trinajstić information content (AvgIpc) is 2.85. The van der Waals surface area contributed by atoms with Gasteiger partial charge < -0.3 is 9.84 Å². The first-order chi connectivity index (χ1) is 16.9. The summed E-state index contributed by atoms with van der Waals surface area (Å²) in [5.41, 5.74) is 2.04. The van der Waals surface area contributed by atoms with Crippen LogP contribution in [0.15, 0.2) is 54.7 Å². The number of rotatable bonds is 9. The molecule has 6 nitrogen and oxygen atoms in total. The maximum absolute atomic E-state index is 14.6. The summed E-state index contributed by atoms with van der Waals surface area (Å²) in [6, 6.07) is 11.1. The Bertz CT molecular complexity index is 1220. The lowest BCUT2D eigenvalue weighted by Crippen LogP contribution is -2.56. The van der Waals surface area contributed by atoms with Crippen molar-refractivity contribution in [1.29, 1.82) is 0 Å². The number of carbonyl (C=O) groups is 1. The minimum Gasteiger partial charge on any atom is -0.497 e. The molecule has 0 bridgehead atoms. The number of halogens is 2. The van der Waals surface area contributed by atoms with Gasteiger partial charge in [-0.15, -0.1) is 0 Å². The highest BCUT2D eigenvalue weighted by molar-refractivity contribution is 5.83. The Labute approximate surface area is 203 Å². The number of hydrogen-bond donors (Lipinski definition) is 1. The fourth-order valence-electron chi connectivity index (χ4n) is 4.54. The van der Waals surface area contributed by atoms with Gasteiger partial charge in [-0.1, -0.05) is 24.3 Å². The van der Waals surface area contributed by atoms with E-state index in [4.69, 9.17) is 4.74 Å². The topological polar surface area (TPSA) is 65.9 Å². The highest BCUT2D eigenvalue weighted by Gasteiger charge is 2.31. The Morgan fingerprint density at radius 1 is 1.23 bits per heavy atom. The van der Waals surface area contributed by atoms with Gasteiger partial charge in [0.2, 0.25) is 0 Å². The lowest BCUT2D eigenvalue weighted by Gasteiger charge is -2.39. The van der Waals surface area contributed by atoms with Gasteiger partial charge >= 0.3 is 5.97 Å². The zero-order chi connectivity index (χ0) is 24.8. The highest BCUT2D eigenvalue weighted by atomic mass is 19.1. The second-order valence-corrected chi connectivity index (χ2v) is 8.68. The van der Waals surface area contributed by atoms with Crippen molar-refractivity contribution in [2.75, 3.05) is 39.8 Å². The predicted octanol–water partition coefficient (Wildman–Crippen LogP) is 4.24. The van der Waals surface area contributed by atoms with Gasteiger partial charge in [0.15, 0.2) is 0 Å². The number of carboxylic acid groups (broad SMARTS) is 1. The first kappa shape index (κ1) is 24.8.